The molecule has 3 nitrogen and oxygen atoms in total. The lowest BCUT2D eigenvalue weighted by Crippen LogP contribution is -1.93. The lowest BCUT2D eigenvalue weighted by Gasteiger charge is -2.13. The number of fused-ring (bicyclic) bond motifs is 2. The molecular weight excluding hydrogens is 286 g/mol. The molecule has 108 valence electrons. The molecule has 0 amide bonds. The molecule has 5 aromatic carbocycles. The highest BCUT2D eigenvalue weighted by Gasteiger charge is 2.19. The predicted molar refractivity (Wildman–Crippen MR) is 94.3 cm³/mol. The maximum atomic E-state index is 12.1. The van der Waals surface area contributed by atoms with E-state index in [4.69, 9.17) is 15.1 Å². The summed E-state index contributed by atoms with van der Waals surface area (Å²) < 4.78 is 91.7. The van der Waals surface area contributed by atoms with Crippen molar-refractivity contribution < 1.29 is 20.0 Å². The van der Waals surface area contributed by atoms with E-state index in [1.165, 1.54) is 0 Å². The number of rotatable bonds is 1. The molecule has 0 bridgehead atoms. The summed E-state index contributed by atoms with van der Waals surface area (Å²) in [6, 6.07) is -7.22. The second-order valence-electron chi connectivity index (χ2n) is 4.98. The summed E-state index contributed by atoms with van der Waals surface area (Å²) in [5, 5.41) is 9.59. The normalized spacial score (nSPS) is 18.5. The van der Waals surface area contributed by atoms with Crippen molar-refractivity contribution in [2.75, 3.05) is 0 Å². The molecule has 0 aliphatic carbocycles. The minimum atomic E-state index is -0.947. The van der Waals surface area contributed by atoms with Crippen LogP contribution in [0.5, 0.6) is 0 Å². The minimum absolute atomic E-state index is 0.157. The van der Waals surface area contributed by atoms with E-state index in [9.17, 15) is 10.1 Å². The van der Waals surface area contributed by atoms with Crippen molar-refractivity contribution in [3.05, 3.63) is 76.6 Å². The van der Waals surface area contributed by atoms with Gasteiger partial charge in [0.1, 0.15) is 0 Å². The SMILES string of the molecule is [2H]c1c([2H])c([2H])c2c(c1[2H])c([2H])c1c([N+](=O)[O-])c([2H])c3c([2H])c([2H])c([2H])c4c([2H])c([2H])c2c1c34. The van der Waals surface area contributed by atoms with Crippen LogP contribution in [0, 0.1) is 10.1 Å². The Balaban J connectivity index is 2.41. The highest BCUT2D eigenvalue weighted by atomic mass is 16.6. The van der Waals surface area contributed by atoms with Crippen molar-refractivity contribution in [3.8, 4) is 0 Å². The fourth-order valence-electron chi connectivity index (χ4n) is 2.87. The van der Waals surface area contributed by atoms with Crippen molar-refractivity contribution in [3.63, 3.8) is 0 Å². The van der Waals surface area contributed by atoms with E-state index in [0.29, 0.717) is 0 Å². The zero-order chi connectivity index (χ0) is 25.1. The molecule has 0 N–H and O–H groups in total. The maximum Gasteiger partial charge on any atom is 0.277 e. The maximum absolute atomic E-state index is 12.1. The molecule has 0 spiro atoms. The Hall–Kier alpha value is -3.20. The summed E-state index contributed by atoms with van der Waals surface area (Å²) in [5.41, 5.74) is -0.916. The van der Waals surface area contributed by atoms with Crippen LogP contribution < -0.4 is 0 Å². The highest BCUT2D eigenvalue weighted by molar-refractivity contribution is 6.30. The fraction of sp³-hybridized carbons (Fsp3) is 0. The first-order valence-corrected chi connectivity index (χ1v) is 6.59. The van der Waals surface area contributed by atoms with Gasteiger partial charge in [-0.2, -0.15) is 0 Å². The van der Waals surface area contributed by atoms with Crippen LogP contribution in [0.1, 0.15) is 15.1 Å². The summed E-state index contributed by atoms with van der Waals surface area (Å²) in [6.07, 6.45) is 0. The molecule has 0 aliphatic rings. The van der Waals surface area contributed by atoms with Crippen molar-refractivity contribution in [1.82, 2.24) is 0 Å². The van der Waals surface area contributed by atoms with Gasteiger partial charge in [0.05, 0.1) is 25.4 Å². The molecule has 0 radical (unpaired) electrons. The lowest BCUT2D eigenvalue weighted by molar-refractivity contribution is -0.382. The van der Waals surface area contributed by atoms with Gasteiger partial charge in [0.2, 0.25) is 0 Å². The van der Waals surface area contributed by atoms with Crippen LogP contribution in [0.15, 0.2) is 66.5 Å². The smallest absolute Gasteiger partial charge is 0.258 e. The summed E-state index contributed by atoms with van der Waals surface area (Å²) in [4.78, 5) is 11.1. The first kappa shape index (κ1) is 5.78. The number of nitro benzene ring substituents is 1. The second kappa shape index (κ2) is 4.17. The minimum Gasteiger partial charge on any atom is -0.258 e. The highest BCUT2D eigenvalue weighted by Crippen LogP contribution is 2.42. The zero-order valence-electron chi connectivity index (χ0n) is 22.3. The van der Waals surface area contributed by atoms with Gasteiger partial charge in [0, 0.05) is 11.4 Å². The second-order valence-corrected chi connectivity index (χ2v) is 4.98. The van der Waals surface area contributed by atoms with Crippen LogP contribution in [0.4, 0.5) is 5.69 Å². The van der Waals surface area contributed by atoms with Crippen LogP contribution in [-0.2, 0) is 0 Å². The summed E-state index contributed by atoms with van der Waals surface area (Å²) in [6.45, 7) is 0. The van der Waals surface area contributed by atoms with Crippen molar-refractivity contribution in [2.45, 2.75) is 0 Å². The Morgan fingerprint density at radius 1 is 0.739 bits per heavy atom. The van der Waals surface area contributed by atoms with E-state index >= 15 is 0 Å². The van der Waals surface area contributed by atoms with Crippen molar-refractivity contribution >= 4 is 48.8 Å². The average Bonchev–Trinajstić information content (AvgIpc) is 2.78. The van der Waals surface area contributed by atoms with E-state index in [-0.39, 0.29) is 26.9 Å². The molecule has 3 heteroatoms. The van der Waals surface area contributed by atoms with Gasteiger partial charge in [0.15, 0.2) is 0 Å². The molecule has 0 atom stereocenters. The molecule has 0 fully saturated rings. The van der Waals surface area contributed by atoms with E-state index in [0.717, 1.165) is 0 Å². The van der Waals surface area contributed by atoms with Gasteiger partial charge >= 0.3 is 0 Å². The van der Waals surface area contributed by atoms with Gasteiger partial charge in [0.25, 0.3) is 5.69 Å². The third kappa shape index (κ3) is 1.53. The summed E-state index contributed by atoms with van der Waals surface area (Å²) >= 11 is 0. The molecule has 0 aliphatic heterocycles. The Morgan fingerprint density at radius 2 is 1.52 bits per heavy atom. The summed E-state index contributed by atoms with van der Waals surface area (Å²) in [5.74, 6) is 0. The third-order valence-corrected chi connectivity index (χ3v) is 3.79. The molecule has 23 heavy (non-hydrogen) atoms. The first-order valence-electron chi connectivity index (χ1n) is 12.1. The molecule has 0 saturated carbocycles. The summed E-state index contributed by atoms with van der Waals surface area (Å²) in [7, 11) is 0. The number of hydrogen-bond acceptors (Lipinski definition) is 2. The Morgan fingerprint density at radius 3 is 2.39 bits per heavy atom. The first-order chi connectivity index (χ1) is 15.8. The van der Waals surface area contributed by atoms with Crippen molar-refractivity contribution in [2.24, 2.45) is 0 Å². The monoisotopic (exact) mass is 308 g/mol. The van der Waals surface area contributed by atoms with E-state index < -0.39 is 93.2 Å². The largest absolute Gasteiger partial charge is 0.277 e. The van der Waals surface area contributed by atoms with Crippen LogP contribution >= 0.6 is 0 Å². The molecule has 5 aromatic rings. The van der Waals surface area contributed by atoms with Crippen molar-refractivity contribution in [1.29, 1.82) is 0 Å². The molecule has 0 unspecified atom stereocenters. The Labute approximate surface area is 146 Å². The molecule has 5 rings (SSSR count). The van der Waals surface area contributed by atoms with Gasteiger partial charge in [-0.1, -0.05) is 54.4 Å². The fourth-order valence-corrected chi connectivity index (χ4v) is 2.87. The molecule has 0 saturated heterocycles. The van der Waals surface area contributed by atoms with E-state index in [2.05, 4.69) is 0 Å². The van der Waals surface area contributed by atoms with Crippen LogP contribution in [0.3, 0.4) is 0 Å². The predicted octanol–water partition coefficient (Wildman–Crippen LogP) is 5.65. The third-order valence-electron chi connectivity index (χ3n) is 3.79. The average molecular weight is 308 g/mol. The Kier molecular flexibility index (Phi) is 1.05. The van der Waals surface area contributed by atoms with Crippen LogP contribution in [0.25, 0.3) is 43.1 Å². The quantitative estimate of drug-likeness (QED) is 0.174. The van der Waals surface area contributed by atoms with Gasteiger partial charge in [-0.3, -0.25) is 10.1 Å². The van der Waals surface area contributed by atoms with Gasteiger partial charge < -0.3 is 0 Å². The number of nitrogens with zero attached hydrogens (tertiary/aromatic N) is 1. The number of nitro groups is 1. The van der Waals surface area contributed by atoms with Gasteiger partial charge in [-0.15, -0.1) is 0 Å². The zero-order valence-corrected chi connectivity index (χ0v) is 11.3. The molecule has 0 heterocycles. The lowest BCUT2D eigenvalue weighted by atomic mass is 9.90. The number of hydrogen-bond donors (Lipinski definition) is 0. The van der Waals surface area contributed by atoms with Gasteiger partial charge in [-0.05, 0) is 38.4 Å². The molecule has 0 aromatic heterocycles. The molecular formula is C20H11NO2. The van der Waals surface area contributed by atoms with Gasteiger partial charge in [-0.25, -0.2) is 0 Å². The topological polar surface area (TPSA) is 43.1 Å². The van der Waals surface area contributed by atoms with Crippen LogP contribution in [-0.4, -0.2) is 4.92 Å². The van der Waals surface area contributed by atoms with E-state index in [1.54, 1.807) is 0 Å². The number of benzene rings is 5. The standard InChI is InChI=1S/C20H11NO2/c22-21(23)18-11-14-6-3-5-12-8-9-16-15-7-2-1-4-13(15)10-17(18)20(16)19(12)14/h1-11H/i1D,2D,3D,4D,5D,6D,7D,8D,9D,10D,11D. The Bertz CT molecular complexity index is 1800. The van der Waals surface area contributed by atoms with Crippen LogP contribution in [0.2, 0.25) is 0 Å². The van der Waals surface area contributed by atoms with E-state index in [1.807, 2.05) is 0 Å².